The van der Waals surface area contributed by atoms with Gasteiger partial charge in [0.2, 0.25) is 17.7 Å². The summed E-state index contributed by atoms with van der Waals surface area (Å²) in [6.45, 7) is 1.60. The topological polar surface area (TPSA) is 126 Å². The Balaban J connectivity index is 1.04. The first-order valence-corrected chi connectivity index (χ1v) is 12.9. The molecule has 1 aliphatic heterocycles. The molecule has 0 bridgehead atoms. The first-order valence-electron chi connectivity index (χ1n) is 12.9. The Labute approximate surface area is 218 Å². The number of nitrogens with one attached hydrogen (secondary N) is 1. The van der Waals surface area contributed by atoms with Crippen molar-refractivity contribution in [2.75, 3.05) is 37.7 Å². The van der Waals surface area contributed by atoms with E-state index in [1.54, 1.807) is 12.4 Å². The van der Waals surface area contributed by atoms with Crippen LogP contribution < -0.4 is 15.0 Å². The van der Waals surface area contributed by atoms with Crippen LogP contribution in [0.25, 0.3) is 11.4 Å². The van der Waals surface area contributed by atoms with Gasteiger partial charge >= 0.3 is 0 Å². The van der Waals surface area contributed by atoms with Crippen molar-refractivity contribution in [3.8, 4) is 17.1 Å². The predicted octanol–water partition coefficient (Wildman–Crippen LogP) is 3.48. The van der Waals surface area contributed by atoms with Crippen LogP contribution in [0, 0.1) is 17.6 Å². The van der Waals surface area contributed by atoms with Crippen molar-refractivity contribution in [1.29, 1.82) is 0 Å². The third kappa shape index (κ3) is 6.24. The van der Waals surface area contributed by atoms with E-state index < -0.39 is 23.1 Å². The van der Waals surface area contributed by atoms with Gasteiger partial charge < -0.3 is 24.6 Å². The number of halogens is 2. The monoisotopic (exact) mass is 528 g/mol. The molecule has 2 N–H and O–H groups in total. The number of carbonyl (C=O) groups excluding carboxylic acids is 1. The first-order chi connectivity index (χ1) is 18.5. The molecule has 2 aromatic heterocycles. The van der Waals surface area contributed by atoms with Gasteiger partial charge in [-0.2, -0.15) is 4.98 Å². The molecule has 38 heavy (non-hydrogen) atoms. The first kappa shape index (κ1) is 26.0. The molecule has 0 radical (unpaired) electrons. The highest BCUT2D eigenvalue weighted by Crippen LogP contribution is 2.39. The highest BCUT2D eigenvalue weighted by Gasteiger charge is 2.30. The second-order valence-electron chi connectivity index (χ2n) is 9.66. The third-order valence-corrected chi connectivity index (χ3v) is 6.83. The van der Waals surface area contributed by atoms with Crippen molar-refractivity contribution in [3.63, 3.8) is 0 Å². The summed E-state index contributed by atoms with van der Waals surface area (Å²) >= 11 is 0. The van der Waals surface area contributed by atoms with Crippen molar-refractivity contribution in [3.05, 3.63) is 47.6 Å². The fraction of sp³-hybridized carbons (Fsp3) is 0.500. The van der Waals surface area contributed by atoms with Gasteiger partial charge in [0.15, 0.2) is 0 Å². The average Bonchev–Trinajstić information content (AvgIpc) is 3.66. The van der Waals surface area contributed by atoms with E-state index in [0.717, 1.165) is 69.3 Å². The minimum Gasteiger partial charge on any atom is -0.493 e. The molecular weight excluding hydrogens is 498 g/mol. The van der Waals surface area contributed by atoms with Crippen LogP contribution in [0.3, 0.4) is 0 Å². The van der Waals surface area contributed by atoms with E-state index in [-0.39, 0.29) is 18.9 Å². The Kier molecular flexibility index (Phi) is 8.06. The van der Waals surface area contributed by atoms with Gasteiger partial charge in [-0.05, 0) is 44.4 Å². The summed E-state index contributed by atoms with van der Waals surface area (Å²) in [4.78, 5) is 27.4. The molecule has 1 aliphatic carbocycles. The molecule has 3 heterocycles. The third-order valence-electron chi connectivity index (χ3n) is 6.83. The molecule has 12 heteroatoms. The summed E-state index contributed by atoms with van der Waals surface area (Å²) in [5.41, 5.74) is 0.0485. The lowest BCUT2D eigenvalue weighted by Gasteiger charge is -2.32. The number of aliphatic hydroxyl groups is 1. The van der Waals surface area contributed by atoms with Gasteiger partial charge in [0.25, 0.3) is 5.91 Å². The van der Waals surface area contributed by atoms with E-state index in [1.807, 2.05) is 0 Å². The van der Waals surface area contributed by atoms with Crippen LogP contribution in [0.4, 0.5) is 14.7 Å². The summed E-state index contributed by atoms with van der Waals surface area (Å²) in [5, 5.41) is 15.0. The molecule has 5 rings (SSSR count). The zero-order valence-corrected chi connectivity index (χ0v) is 20.9. The maximum Gasteiger partial charge on any atom is 0.257 e. The van der Waals surface area contributed by atoms with Gasteiger partial charge in [-0.15, -0.1) is 0 Å². The fourth-order valence-corrected chi connectivity index (χ4v) is 4.54. The maximum atomic E-state index is 14.2. The number of carbonyl (C=O) groups is 1. The number of aromatic nitrogens is 4. The van der Waals surface area contributed by atoms with Gasteiger partial charge in [0.1, 0.15) is 22.9 Å². The Morgan fingerprint density at radius 3 is 2.50 bits per heavy atom. The number of benzene rings is 1. The molecule has 1 aromatic carbocycles. The minimum atomic E-state index is -1.00. The normalized spacial score (nSPS) is 16.0. The molecule has 0 atom stereocenters. The Hall–Kier alpha value is -3.67. The Morgan fingerprint density at radius 1 is 1.13 bits per heavy atom. The van der Waals surface area contributed by atoms with Gasteiger partial charge in [-0.1, -0.05) is 5.16 Å². The van der Waals surface area contributed by atoms with Crippen LogP contribution in [0.2, 0.25) is 0 Å². The molecule has 2 aliphatic rings. The minimum absolute atomic E-state index is 0.0405. The van der Waals surface area contributed by atoms with Crippen molar-refractivity contribution in [2.24, 2.45) is 5.92 Å². The zero-order chi connectivity index (χ0) is 26.5. The molecule has 3 aromatic rings. The van der Waals surface area contributed by atoms with Crippen molar-refractivity contribution in [1.82, 2.24) is 25.4 Å². The van der Waals surface area contributed by atoms with Crippen LogP contribution in [-0.2, 0) is 0 Å². The summed E-state index contributed by atoms with van der Waals surface area (Å²) in [5.74, 6) is -0.0743. The molecule has 1 saturated heterocycles. The van der Waals surface area contributed by atoms with Crippen LogP contribution >= 0.6 is 0 Å². The standard InChI is InChI=1S/C26H30F2N6O4/c27-20-12-19(13-21(28)22(20)24(36)29-7-10-35)37-11-1-2-16-5-8-34(9-6-16)26-30-14-18(15-31-26)23-32-25(38-33-23)17-3-4-17/h12-17,35H,1-11H2,(H,29,36). The number of amides is 1. The number of hydrogen-bond donors (Lipinski definition) is 2. The predicted molar refractivity (Wildman–Crippen MR) is 133 cm³/mol. The molecule has 2 fully saturated rings. The number of nitrogens with zero attached hydrogens (tertiary/aromatic N) is 5. The summed E-state index contributed by atoms with van der Waals surface area (Å²) in [6.07, 6.45) is 9.31. The molecule has 202 valence electrons. The van der Waals surface area contributed by atoms with E-state index in [9.17, 15) is 13.6 Å². The lowest BCUT2D eigenvalue weighted by Crippen LogP contribution is -2.34. The lowest BCUT2D eigenvalue weighted by atomic mass is 9.92. The SMILES string of the molecule is O=C(NCCO)c1c(F)cc(OCCCC2CCN(c3ncc(-c4noc(C5CC5)n4)cn3)CC2)cc1F. The van der Waals surface area contributed by atoms with E-state index >= 15 is 0 Å². The second-order valence-corrected chi connectivity index (χ2v) is 9.66. The van der Waals surface area contributed by atoms with Gasteiger partial charge in [0, 0.05) is 50.1 Å². The number of anilines is 1. The smallest absolute Gasteiger partial charge is 0.257 e. The van der Waals surface area contributed by atoms with Crippen LogP contribution in [0.5, 0.6) is 5.75 Å². The molecular formula is C26H30F2N6O4. The van der Waals surface area contributed by atoms with E-state index in [0.29, 0.717) is 36.1 Å². The zero-order valence-electron chi connectivity index (χ0n) is 20.9. The number of aliphatic hydroxyl groups excluding tert-OH is 1. The fourth-order valence-electron chi connectivity index (χ4n) is 4.54. The highest BCUT2D eigenvalue weighted by molar-refractivity contribution is 5.94. The van der Waals surface area contributed by atoms with Crippen LogP contribution in [0.15, 0.2) is 29.0 Å². The number of hydrogen-bond acceptors (Lipinski definition) is 9. The number of ether oxygens (including phenoxy) is 1. The van der Waals surface area contributed by atoms with Crippen molar-refractivity contribution < 1.29 is 27.9 Å². The molecule has 0 unspecified atom stereocenters. The van der Waals surface area contributed by atoms with E-state index in [4.69, 9.17) is 14.4 Å². The van der Waals surface area contributed by atoms with Crippen LogP contribution in [-0.4, -0.2) is 64.0 Å². The second kappa shape index (κ2) is 11.8. The van der Waals surface area contributed by atoms with Gasteiger partial charge in [0.05, 0.1) is 18.8 Å². The van der Waals surface area contributed by atoms with E-state index in [1.165, 1.54) is 0 Å². The van der Waals surface area contributed by atoms with E-state index in [2.05, 4.69) is 30.3 Å². The van der Waals surface area contributed by atoms with Gasteiger partial charge in [-0.3, -0.25) is 4.79 Å². The summed E-state index contributed by atoms with van der Waals surface area (Å²) in [7, 11) is 0. The quantitative estimate of drug-likeness (QED) is 0.360. The van der Waals surface area contributed by atoms with Crippen LogP contribution in [0.1, 0.15) is 60.7 Å². The summed E-state index contributed by atoms with van der Waals surface area (Å²) < 4.78 is 39.3. The Bertz CT molecular complexity index is 1220. The highest BCUT2D eigenvalue weighted by atomic mass is 19.1. The number of piperidine rings is 1. The molecule has 1 saturated carbocycles. The molecule has 1 amide bonds. The van der Waals surface area contributed by atoms with Gasteiger partial charge in [-0.25, -0.2) is 18.7 Å². The Morgan fingerprint density at radius 2 is 1.84 bits per heavy atom. The summed E-state index contributed by atoms with van der Waals surface area (Å²) in [6, 6.07) is 2.01. The largest absolute Gasteiger partial charge is 0.493 e. The molecule has 10 nitrogen and oxygen atoms in total. The maximum absolute atomic E-state index is 14.2. The number of rotatable bonds is 11. The van der Waals surface area contributed by atoms with Crippen molar-refractivity contribution >= 4 is 11.9 Å². The lowest BCUT2D eigenvalue weighted by molar-refractivity contribution is 0.0936. The average molecular weight is 529 g/mol. The van der Waals surface area contributed by atoms with Crippen molar-refractivity contribution in [2.45, 2.75) is 44.4 Å². The molecule has 0 spiro atoms.